The van der Waals surface area contributed by atoms with Gasteiger partial charge in [-0.15, -0.1) is 0 Å². The molecular formula is C5H12N2. The molecule has 0 spiro atoms. The van der Waals surface area contributed by atoms with E-state index in [2.05, 4.69) is 0 Å². The van der Waals surface area contributed by atoms with Crippen LogP contribution in [0.4, 0.5) is 0 Å². The van der Waals surface area contributed by atoms with Crippen LogP contribution in [-0.2, 0) is 0 Å². The molecule has 7 heavy (non-hydrogen) atoms. The molecule has 0 heterocycles. The average Bonchev–Trinajstić information content (AvgIpc) is 2.46. The predicted octanol–water partition coefficient (Wildman–Crippen LogP) is -0.316. The molecule has 0 aromatic heterocycles. The van der Waals surface area contributed by atoms with Crippen molar-refractivity contribution in [2.24, 2.45) is 16.9 Å². The van der Waals surface area contributed by atoms with Gasteiger partial charge in [-0.25, -0.2) is 0 Å². The Balaban J connectivity index is 2.28. The third kappa shape index (κ3) is 0.763. The maximum atomic E-state index is 5.40. The third-order valence-corrected chi connectivity index (χ3v) is 1.82. The van der Waals surface area contributed by atoms with Crippen molar-refractivity contribution < 1.29 is 0 Å². The molecule has 0 unspecified atom stereocenters. The fourth-order valence-electron chi connectivity index (χ4n) is 0.668. The summed E-state index contributed by atoms with van der Waals surface area (Å²) >= 11 is 0. The zero-order valence-corrected chi connectivity index (χ0v) is 4.48. The maximum absolute atomic E-state index is 5.40. The third-order valence-electron chi connectivity index (χ3n) is 1.82. The van der Waals surface area contributed by atoms with Gasteiger partial charge < -0.3 is 11.5 Å². The molecule has 0 radical (unpaired) electrons. The van der Waals surface area contributed by atoms with E-state index < -0.39 is 0 Å². The first-order chi connectivity index (χ1) is 3.33. The molecule has 2 heteroatoms. The van der Waals surface area contributed by atoms with Gasteiger partial charge >= 0.3 is 0 Å². The number of hydrogen-bond donors (Lipinski definition) is 2. The molecule has 1 aliphatic carbocycles. The molecule has 42 valence electrons. The molecule has 0 amide bonds. The number of hydrogen-bond acceptors (Lipinski definition) is 2. The van der Waals surface area contributed by atoms with Crippen LogP contribution in [0.25, 0.3) is 0 Å². The van der Waals surface area contributed by atoms with Gasteiger partial charge in [0.15, 0.2) is 0 Å². The van der Waals surface area contributed by atoms with Gasteiger partial charge in [-0.1, -0.05) is 0 Å². The van der Waals surface area contributed by atoms with Crippen LogP contribution >= 0.6 is 0 Å². The van der Waals surface area contributed by atoms with Crippen LogP contribution in [0, 0.1) is 5.41 Å². The fourth-order valence-corrected chi connectivity index (χ4v) is 0.668. The van der Waals surface area contributed by atoms with Gasteiger partial charge in [0.05, 0.1) is 0 Å². The van der Waals surface area contributed by atoms with Crippen LogP contribution in [0.3, 0.4) is 0 Å². The Labute approximate surface area is 43.9 Å². The Morgan fingerprint density at radius 2 is 1.57 bits per heavy atom. The van der Waals surface area contributed by atoms with E-state index in [9.17, 15) is 0 Å². The predicted molar refractivity (Wildman–Crippen MR) is 29.8 cm³/mol. The molecule has 1 aliphatic rings. The van der Waals surface area contributed by atoms with E-state index >= 15 is 0 Å². The highest BCUT2D eigenvalue weighted by atomic mass is 14.7. The summed E-state index contributed by atoms with van der Waals surface area (Å²) in [4.78, 5) is 0. The minimum absolute atomic E-state index is 0.389. The minimum Gasteiger partial charge on any atom is -0.330 e. The van der Waals surface area contributed by atoms with Crippen molar-refractivity contribution >= 4 is 0 Å². The Morgan fingerprint density at radius 3 is 1.57 bits per heavy atom. The molecule has 0 atom stereocenters. The summed E-state index contributed by atoms with van der Waals surface area (Å²) in [5.41, 5.74) is 11.2. The van der Waals surface area contributed by atoms with Crippen LogP contribution in [-0.4, -0.2) is 13.1 Å². The van der Waals surface area contributed by atoms with Crippen molar-refractivity contribution in [3.05, 3.63) is 0 Å². The van der Waals surface area contributed by atoms with Gasteiger partial charge in [-0.05, 0) is 31.3 Å². The monoisotopic (exact) mass is 100 g/mol. The van der Waals surface area contributed by atoms with E-state index in [4.69, 9.17) is 11.5 Å². The largest absolute Gasteiger partial charge is 0.330 e. The average molecular weight is 100 g/mol. The van der Waals surface area contributed by atoms with Crippen molar-refractivity contribution in [1.82, 2.24) is 0 Å². The maximum Gasteiger partial charge on any atom is -0.000843 e. The number of nitrogens with two attached hydrogens (primary N) is 2. The Hall–Kier alpha value is -0.0800. The Bertz CT molecular complexity index is 60.5. The molecule has 0 aromatic rings. The smallest absolute Gasteiger partial charge is 0.000843 e. The summed E-state index contributed by atoms with van der Waals surface area (Å²) in [6.45, 7) is 1.56. The second kappa shape index (κ2) is 1.46. The molecule has 0 aromatic carbocycles. The summed E-state index contributed by atoms with van der Waals surface area (Å²) in [6, 6.07) is 0. The standard InChI is InChI=1S/C5H12N2/c6-3-5(4-7)1-2-5/h1-4,6-7H2. The minimum atomic E-state index is 0.389. The Morgan fingerprint density at radius 1 is 1.14 bits per heavy atom. The van der Waals surface area contributed by atoms with Gasteiger partial charge in [0, 0.05) is 0 Å². The van der Waals surface area contributed by atoms with Gasteiger partial charge in [-0.3, -0.25) is 0 Å². The van der Waals surface area contributed by atoms with E-state index in [0.29, 0.717) is 5.41 Å². The molecule has 2 nitrogen and oxygen atoms in total. The van der Waals surface area contributed by atoms with E-state index in [0.717, 1.165) is 13.1 Å². The topological polar surface area (TPSA) is 52.0 Å². The number of rotatable bonds is 2. The van der Waals surface area contributed by atoms with Crippen molar-refractivity contribution in [1.29, 1.82) is 0 Å². The lowest BCUT2D eigenvalue weighted by molar-refractivity contribution is 0.538. The second-order valence-electron chi connectivity index (χ2n) is 2.41. The van der Waals surface area contributed by atoms with Crippen LogP contribution < -0.4 is 11.5 Å². The van der Waals surface area contributed by atoms with E-state index in [-0.39, 0.29) is 0 Å². The molecule has 0 bridgehead atoms. The Kier molecular flexibility index (Phi) is 1.05. The highest BCUT2D eigenvalue weighted by Gasteiger charge is 2.39. The van der Waals surface area contributed by atoms with Crippen LogP contribution in [0.15, 0.2) is 0 Å². The molecule has 1 fully saturated rings. The highest BCUT2D eigenvalue weighted by molar-refractivity contribution is 4.94. The summed E-state index contributed by atoms with van der Waals surface area (Å²) < 4.78 is 0. The zero-order valence-electron chi connectivity index (χ0n) is 4.48. The van der Waals surface area contributed by atoms with Crippen LogP contribution in [0.2, 0.25) is 0 Å². The second-order valence-corrected chi connectivity index (χ2v) is 2.41. The lowest BCUT2D eigenvalue weighted by atomic mass is 10.1. The van der Waals surface area contributed by atoms with Gasteiger partial charge in [0.2, 0.25) is 0 Å². The van der Waals surface area contributed by atoms with Gasteiger partial charge in [0.25, 0.3) is 0 Å². The van der Waals surface area contributed by atoms with Crippen molar-refractivity contribution in [3.63, 3.8) is 0 Å². The SMILES string of the molecule is NCC1(CN)CC1. The lowest BCUT2D eigenvalue weighted by Gasteiger charge is -2.04. The van der Waals surface area contributed by atoms with Gasteiger partial charge in [-0.2, -0.15) is 0 Å². The fraction of sp³-hybridized carbons (Fsp3) is 1.00. The first-order valence-electron chi connectivity index (χ1n) is 2.73. The van der Waals surface area contributed by atoms with E-state index in [1.807, 2.05) is 0 Å². The first kappa shape index (κ1) is 5.06. The first-order valence-corrected chi connectivity index (χ1v) is 2.73. The summed E-state index contributed by atoms with van der Waals surface area (Å²) in [7, 11) is 0. The zero-order chi connectivity index (χ0) is 5.33. The molecule has 0 aliphatic heterocycles. The summed E-state index contributed by atoms with van der Waals surface area (Å²) in [5, 5.41) is 0. The van der Waals surface area contributed by atoms with Crippen LogP contribution in [0.5, 0.6) is 0 Å². The molecule has 1 saturated carbocycles. The van der Waals surface area contributed by atoms with Crippen LogP contribution in [0.1, 0.15) is 12.8 Å². The van der Waals surface area contributed by atoms with Crippen molar-refractivity contribution in [2.75, 3.05) is 13.1 Å². The quantitative estimate of drug-likeness (QED) is 0.500. The normalized spacial score (nSPS) is 24.9. The van der Waals surface area contributed by atoms with Crippen molar-refractivity contribution in [3.8, 4) is 0 Å². The molecule has 1 rings (SSSR count). The van der Waals surface area contributed by atoms with Gasteiger partial charge in [0.1, 0.15) is 0 Å². The lowest BCUT2D eigenvalue weighted by Crippen LogP contribution is -2.24. The van der Waals surface area contributed by atoms with E-state index in [1.54, 1.807) is 0 Å². The van der Waals surface area contributed by atoms with Crippen molar-refractivity contribution in [2.45, 2.75) is 12.8 Å². The highest BCUT2D eigenvalue weighted by Crippen LogP contribution is 2.42. The summed E-state index contributed by atoms with van der Waals surface area (Å²) in [6.07, 6.45) is 2.50. The molecule has 0 saturated heterocycles. The summed E-state index contributed by atoms with van der Waals surface area (Å²) in [5.74, 6) is 0. The molecule has 4 N–H and O–H groups in total. The van der Waals surface area contributed by atoms with E-state index in [1.165, 1.54) is 12.8 Å². The molecular weight excluding hydrogens is 88.1 g/mol.